The molecular formula is C24H28N4O. The number of ketones is 1. The highest BCUT2D eigenvalue weighted by molar-refractivity contribution is 5.89. The number of benzene rings is 1. The fraction of sp³-hybridized carbons (Fsp3) is 0.458. The van der Waals surface area contributed by atoms with Crippen LogP contribution in [0.3, 0.4) is 0 Å². The first-order valence-electron chi connectivity index (χ1n) is 10.6. The standard InChI is InChI=1S/C24H28N4O/c1-27-7-5-24(6-8-27)12-20(13-24)23(29)11-22-10-19-9-17(3-4-18(19)14-25-22)21-15-26-28(2)16-21/h3-4,9-10,14-16,20H,5-8,11-13H2,1-2H3. The smallest absolute Gasteiger partial charge is 0.141 e. The van der Waals surface area contributed by atoms with E-state index in [2.05, 4.69) is 46.3 Å². The van der Waals surface area contributed by atoms with Crippen molar-refractivity contribution in [3.05, 3.63) is 48.5 Å². The average molecular weight is 389 g/mol. The maximum Gasteiger partial charge on any atom is 0.141 e. The number of hydrogen-bond acceptors (Lipinski definition) is 4. The Bertz CT molecular complexity index is 1050. The predicted octanol–water partition coefficient (Wildman–Crippen LogP) is 3.87. The molecule has 2 aliphatic rings. The van der Waals surface area contributed by atoms with E-state index in [-0.39, 0.29) is 5.92 Å². The van der Waals surface area contributed by atoms with E-state index in [1.54, 1.807) is 0 Å². The Morgan fingerprint density at radius 3 is 2.59 bits per heavy atom. The lowest BCUT2D eigenvalue weighted by molar-refractivity contribution is -0.131. The minimum Gasteiger partial charge on any atom is -0.306 e. The number of fused-ring (bicyclic) bond motifs is 1. The van der Waals surface area contributed by atoms with E-state index in [0.29, 0.717) is 17.6 Å². The maximum atomic E-state index is 12.9. The number of Topliss-reactive ketones (excluding diaryl/α,β-unsaturated/α-hetero) is 1. The lowest BCUT2D eigenvalue weighted by Gasteiger charge is -2.51. The number of carbonyl (C=O) groups is 1. The molecular weight excluding hydrogens is 360 g/mol. The second-order valence-corrected chi connectivity index (χ2v) is 9.19. The second kappa shape index (κ2) is 7.06. The molecule has 2 aromatic heterocycles. The van der Waals surface area contributed by atoms with Gasteiger partial charge in [0.15, 0.2) is 0 Å². The molecule has 0 atom stereocenters. The van der Waals surface area contributed by atoms with Crippen LogP contribution in [0, 0.1) is 11.3 Å². The topological polar surface area (TPSA) is 51.0 Å². The van der Waals surface area contributed by atoms with E-state index in [4.69, 9.17) is 0 Å². The summed E-state index contributed by atoms with van der Waals surface area (Å²) in [6, 6.07) is 8.43. The van der Waals surface area contributed by atoms with Gasteiger partial charge >= 0.3 is 0 Å². The zero-order valence-electron chi connectivity index (χ0n) is 17.3. The molecule has 1 saturated heterocycles. The van der Waals surface area contributed by atoms with Gasteiger partial charge in [-0.1, -0.05) is 12.1 Å². The van der Waals surface area contributed by atoms with Gasteiger partial charge in [0.25, 0.3) is 0 Å². The molecule has 0 amide bonds. The van der Waals surface area contributed by atoms with Crippen molar-refractivity contribution in [3.63, 3.8) is 0 Å². The zero-order valence-corrected chi connectivity index (χ0v) is 17.3. The SMILES string of the molecule is CN1CCC2(CC1)CC(C(=O)Cc1cc3cc(-c4cnn(C)c4)ccc3cn1)C2. The number of aryl methyl sites for hydroxylation is 1. The summed E-state index contributed by atoms with van der Waals surface area (Å²) in [4.78, 5) is 19.8. The number of rotatable bonds is 4. The molecule has 1 saturated carbocycles. The van der Waals surface area contributed by atoms with E-state index >= 15 is 0 Å². The van der Waals surface area contributed by atoms with Gasteiger partial charge in [0.05, 0.1) is 6.20 Å². The van der Waals surface area contributed by atoms with Gasteiger partial charge in [-0.3, -0.25) is 14.5 Å². The van der Waals surface area contributed by atoms with Crippen molar-refractivity contribution < 1.29 is 4.79 Å². The molecule has 1 aliphatic carbocycles. The quantitative estimate of drug-likeness (QED) is 0.681. The normalized spacial score (nSPS) is 19.5. The Balaban J connectivity index is 1.28. The summed E-state index contributed by atoms with van der Waals surface area (Å²) < 4.78 is 1.81. The van der Waals surface area contributed by atoms with E-state index < -0.39 is 0 Å². The summed E-state index contributed by atoms with van der Waals surface area (Å²) >= 11 is 0. The Morgan fingerprint density at radius 2 is 1.86 bits per heavy atom. The summed E-state index contributed by atoms with van der Waals surface area (Å²) in [5.41, 5.74) is 3.57. The summed E-state index contributed by atoms with van der Waals surface area (Å²) in [5.74, 6) is 0.599. The Labute approximate surface area is 171 Å². The van der Waals surface area contributed by atoms with Crippen molar-refractivity contribution in [3.8, 4) is 11.1 Å². The first-order chi connectivity index (χ1) is 14.0. The molecule has 0 unspecified atom stereocenters. The van der Waals surface area contributed by atoms with E-state index in [0.717, 1.165) is 40.4 Å². The third-order valence-electron chi connectivity index (χ3n) is 7.03. The Hall–Kier alpha value is -2.53. The number of likely N-dealkylation sites (tertiary alicyclic amines) is 1. The van der Waals surface area contributed by atoms with Crippen molar-refractivity contribution in [2.45, 2.75) is 32.1 Å². The first-order valence-corrected chi connectivity index (χ1v) is 10.6. The minimum absolute atomic E-state index is 0.234. The van der Waals surface area contributed by atoms with Crippen LogP contribution in [0.25, 0.3) is 21.9 Å². The van der Waals surface area contributed by atoms with Gasteiger partial charge in [0.2, 0.25) is 0 Å². The van der Waals surface area contributed by atoms with Crippen molar-refractivity contribution in [2.24, 2.45) is 18.4 Å². The molecule has 0 bridgehead atoms. The molecule has 1 spiro atoms. The molecule has 5 rings (SSSR count). The minimum atomic E-state index is 0.234. The van der Waals surface area contributed by atoms with Gasteiger partial charge in [-0.2, -0.15) is 5.10 Å². The van der Waals surface area contributed by atoms with Gasteiger partial charge < -0.3 is 4.90 Å². The molecule has 3 aromatic rings. The fourth-order valence-electron chi connectivity index (χ4n) is 5.07. The van der Waals surface area contributed by atoms with Gasteiger partial charge in [0.1, 0.15) is 5.78 Å². The predicted molar refractivity (Wildman–Crippen MR) is 115 cm³/mol. The van der Waals surface area contributed by atoms with Crippen molar-refractivity contribution in [1.82, 2.24) is 19.7 Å². The van der Waals surface area contributed by atoms with Crippen molar-refractivity contribution in [2.75, 3.05) is 20.1 Å². The number of aromatic nitrogens is 3. The highest BCUT2D eigenvalue weighted by atomic mass is 16.1. The molecule has 2 fully saturated rings. The zero-order chi connectivity index (χ0) is 20.0. The number of piperidine rings is 1. The number of hydrogen-bond donors (Lipinski definition) is 0. The van der Waals surface area contributed by atoms with E-state index in [9.17, 15) is 4.79 Å². The molecule has 5 heteroatoms. The molecule has 5 nitrogen and oxygen atoms in total. The first kappa shape index (κ1) is 18.5. The van der Waals surface area contributed by atoms with Crippen LogP contribution in [0.15, 0.2) is 42.9 Å². The highest BCUT2D eigenvalue weighted by Crippen LogP contribution is 2.52. The van der Waals surface area contributed by atoms with Crippen LogP contribution < -0.4 is 0 Å². The average Bonchev–Trinajstić information content (AvgIpc) is 3.13. The molecule has 1 aromatic carbocycles. The Morgan fingerprint density at radius 1 is 1.07 bits per heavy atom. The fourth-order valence-corrected chi connectivity index (χ4v) is 5.07. The molecule has 0 N–H and O–H groups in total. The molecule has 3 heterocycles. The van der Waals surface area contributed by atoms with Crippen LogP contribution >= 0.6 is 0 Å². The van der Waals surface area contributed by atoms with Gasteiger partial charge in [-0.25, -0.2) is 0 Å². The van der Waals surface area contributed by atoms with Gasteiger partial charge in [-0.15, -0.1) is 0 Å². The van der Waals surface area contributed by atoms with Crippen LogP contribution in [0.1, 0.15) is 31.4 Å². The van der Waals surface area contributed by atoms with Crippen molar-refractivity contribution in [1.29, 1.82) is 0 Å². The van der Waals surface area contributed by atoms with Crippen LogP contribution in [0.5, 0.6) is 0 Å². The van der Waals surface area contributed by atoms with Crippen LogP contribution in [0.4, 0.5) is 0 Å². The van der Waals surface area contributed by atoms with Crippen molar-refractivity contribution >= 4 is 16.6 Å². The molecule has 150 valence electrons. The highest BCUT2D eigenvalue weighted by Gasteiger charge is 2.47. The van der Waals surface area contributed by atoms with Crippen LogP contribution in [-0.4, -0.2) is 45.6 Å². The van der Waals surface area contributed by atoms with E-state index in [1.165, 1.54) is 25.9 Å². The summed E-state index contributed by atoms with van der Waals surface area (Å²) in [6.07, 6.45) is 10.9. The van der Waals surface area contributed by atoms with Gasteiger partial charge in [-0.05, 0) is 74.3 Å². The number of pyridine rings is 1. The third-order valence-corrected chi connectivity index (χ3v) is 7.03. The largest absolute Gasteiger partial charge is 0.306 e. The lowest BCUT2D eigenvalue weighted by atomic mass is 9.56. The summed E-state index contributed by atoms with van der Waals surface area (Å²) in [7, 11) is 4.12. The number of nitrogens with zero attached hydrogens (tertiary/aromatic N) is 4. The van der Waals surface area contributed by atoms with Gasteiger partial charge in [0, 0.05) is 48.4 Å². The van der Waals surface area contributed by atoms with Crippen LogP contribution in [-0.2, 0) is 18.3 Å². The summed E-state index contributed by atoms with van der Waals surface area (Å²) in [6.45, 7) is 2.35. The maximum absolute atomic E-state index is 12.9. The van der Waals surface area contributed by atoms with Crippen LogP contribution in [0.2, 0.25) is 0 Å². The Kier molecular flexibility index (Phi) is 4.50. The number of carbonyl (C=O) groups excluding carboxylic acids is 1. The molecule has 1 aliphatic heterocycles. The molecule has 29 heavy (non-hydrogen) atoms. The monoisotopic (exact) mass is 388 g/mol. The molecule has 0 radical (unpaired) electrons. The lowest BCUT2D eigenvalue weighted by Crippen LogP contribution is -2.48. The summed E-state index contributed by atoms with van der Waals surface area (Å²) in [5, 5.41) is 6.49. The second-order valence-electron chi connectivity index (χ2n) is 9.19. The van der Waals surface area contributed by atoms with E-state index in [1.807, 2.05) is 30.3 Å². The third kappa shape index (κ3) is 3.60.